The Balaban J connectivity index is 2.92. The summed E-state index contributed by atoms with van der Waals surface area (Å²) in [6, 6.07) is 4.64. The van der Waals surface area contributed by atoms with Gasteiger partial charge in [0.2, 0.25) is 0 Å². The molecule has 1 rings (SSSR count). The molecule has 0 fully saturated rings. The lowest BCUT2D eigenvalue weighted by Crippen LogP contribution is -2.22. The van der Waals surface area contributed by atoms with E-state index in [9.17, 15) is 4.79 Å². The van der Waals surface area contributed by atoms with E-state index >= 15 is 0 Å². The summed E-state index contributed by atoms with van der Waals surface area (Å²) in [5.41, 5.74) is 0.705. The Morgan fingerprint density at radius 2 is 2.31 bits per heavy atom. The van der Waals surface area contributed by atoms with Crippen molar-refractivity contribution in [2.24, 2.45) is 0 Å². The Hall–Kier alpha value is -1.26. The van der Waals surface area contributed by atoms with Crippen molar-refractivity contribution in [3.05, 3.63) is 28.8 Å². The molecule has 5 heteroatoms. The van der Waals surface area contributed by atoms with Gasteiger partial charge in [-0.2, -0.15) is 0 Å². The van der Waals surface area contributed by atoms with Gasteiger partial charge in [0.25, 0.3) is 0 Å². The molecule has 2 N–H and O–H groups in total. The number of halogens is 1. The molecular formula is C11H14ClNO3. The lowest BCUT2D eigenvalue weighted by molar-refractivity contribution is 0.0698. The monoisotopic (exact) mass is 243 g/mol. The normalized spacial score (nSPS) is 12.2. The number of carbonyl (C=O) groups is 1. The quantitative estimate of drug-likeness (QED) is 0.834. The van der Waals surface area contributed by atoms with Crippen molar-refractivity contribution in [2.75, 3.05) is 19.0 Å². The summed E-state index contributed by atoms with van der Waals surface area (Å²) < 4.78 is 4.96. The fourth-order valence-corrected chi connectivity index (χ4v) is 1.55. The molecule has 0 heterocycles. The van der Waals surface area contributed by atoms with E-state index in [1.165, 1.54) is 6.07 Å². The molecule has 0 spiro atoms. The average Bonchev–Trinajstić information content (AvgIpc) is 2.17. The van der Waals surface area contributed by atoms with Crippen LogP contribution >= 0.6 is 11.6 Å². The van der Waals surface area contributed by atoms with Crippen LogP contribution in [0.1, 0.15) is 17.3 Å². The van der Waals surface area contributed by atoms with Crippen LogP contribution < -0.4 is 5.32 Å². The second kappa shape index (κ2) is 5.72. The van der Waals surface area contributed by atoms with Crippen molar-refractivity contribution in [3.63, 3.8) is 0 Å². The van der Waals surface area contributed by atoms with E-state index in [1.807, 2.05) is 6.92 Å². The summed E-state index contributed by atoms with van der Waals surface area (Å²) in [5, 5.41) is 12.5. The van der Waals surface area contributed by atoms with Crippen LogP contribution in [0, 0.1) is 0 Å². The molecular weight excluding hydrogens is 230 g/mol. The second-order valence-electron chi connectivity index (χ2n) is 3.50. The Morgan fingerprint density at radius 3 is 2.88 bits per heavy atom. The van der Waals surface area contributed by atoms with Gasteiger partial charge in [0, 0.05) is 18.2 Å². The van der Waals surface area contributed by atoms with Gasteiger partial charge in [-0.1, -0.05) is 11.6 Å². The highest BCUT2D eigenvalue weighted by Crippen LogP contribution is 2.21. The van der Waals surface area contributed by atoms with Crippen molar-refractivity contribution in [2.45, 2.75) is 13.0 Å². The Labute approximate surface area is 99.2 Å². The summed E-state index contributed by atoms with van der Waals surface area (Å²) in [7, 11) is 1.59. The Morgan fingerprint density at radius 1 is 1.62 bits per heavy atom. The van der Waals surface area contributed by atoms with Gasteiger partial charge in [-0.15, -0.1) is 0 Å². The highest BCUT2D eigenvalue weighted by atomic mass is 35.5. The van der Waals surface area contributed by atoms with Crippen LogP contribution in [0.3, 0.4) is 0 Å². The van der Waals surface area contributed by atoms with Crippen LogP contribution in [0.25, 0.3) is 0 Å². The number of rotatable bonds is 5. The molecule has 1 atom stereocenters. The SMILES string of the molecule is COCC(C)Nc1cc(Cl)ccc1C(=O)O. The van der Waals surface area contributed by atoms with Crippen molar-refractivity contribution in [1.29, 1.82) is 0 Å². The van der Waals surface area contributed by atoms with Crippen LogP contribution in [-0.4, -0.2) is 30.8 Å². The zero-order valence-corrected chi connectivity index (χ0v) is 9.91. The third-order valence-corrected chi connectivity index (χ3v) is 2.27. The number of carboxylic acids is 1. The first-order valence-corrected chi connectivity index (χ1v) is 5.20. The van der Waals surface area contributed by atoms with Gasteiger partial charge in [0.05, 0.1) is 17.9 Å². The highest BCUT2D eigenvalue weighted by Gasteiger charge is 2.12. The number of methoxy groups -OCH3 is 1. The minimum absolute atomic E-state index is 0.0153. The Bertz CT molecular complexity index is 381. The average molecular weight is 244 g/mol. The van der Waals surface area contributed by atoms with E-state index in [0.717, 1.165) is 0 Å². The molecule has 4 nitrogen and oxygen atoms in total. The third-order valence-electron chi connectivity index (χ3n) is 2.03. The van der Waals surface area contributed by atoms with E-state index in [-0.39, 0.29) is 11.6 Å². The van der Waals surface area contributed by atoms with Gasteiger partial charge < -0.3 is 15.2 Å². The number of hydrogen-bond acceptors (Lipinski definition) is 3. The number of ether oxygens (including phenoxy) is 1. The highest BCUT2D eigenvalue weighted by molar-refractivity contribution is 6.31. The number of carboxylic acid groups (broad SMARTS) is 1. The van der Waals surface area contributed by atoms with Crippen LogP contribution in [0.15, 0.2) is 18.2 Å². The summed E-state index contributed by atoms with van der Waals surface area (Å²) in [4.78, 5) is 11.0. The molecule has 0 amide bonds. The topological polar surface area (TPSA) is 58.6 Å². The summed E-state index contributed by atoms with van der Waals surface area (Å²) in [6.45, 7) is 2.39. The number of anilines is 1. The molecule has 0 saturated carbocycles. The molecule has 0 aliphatic heterocycles. The minimum atomic E-state index is -0.983. The molecule has 1 aromatic rings. The summed E-state index contributed by atoms with van der Waals surface area (Å²) in [6.07, 6.45) is 0. The molecule has 0 aliphatic carbocycles. The number of benzene rings is 1. The zero-order chi connectivity index (χ0) is 12.1. The zero-order valence-electron chi connectivity index (χ0n) is 9.16. The maximum Gasteiger partial charge on any atom is 0.337 e. The van der Waals surface area contributed by atoms with Gasteiger partial charge in [-0.3, -0.25) is 0 Å². The molecule has 0 aliphatic rings. The van der Waals surface area contributed by atoms with Gasteiger partial charge in [-0.05, 0) is 25.1 Å². The molecule has 0 bridgehead atoms. The van der Waals surface area contributed by atoms with E-state index in [0.29, 0.717) is 17.3 Å². The van der Waals surface area contributed by atoms with Crippen molar-refractivity contribution < 1.29 is 14.6 Å². The van der Waals surface area contributed by atoms with Gasteiger partial charge in [0.15, 0.2) is 0 Å². The molecule has 88 valence electrons. The van der Waals surface area contributed by atoms with Crippen LogP contribution in [0.2, 0.25) is 5.02 Å². The largest absolute Gasteiger partial charge is 0.478 e. The first-order chi connectivity index (χ1) is 7.54. The maximum absolute atomic E-state index is 11.0. The van der Waals surface area contributed by atoms with Crippen molar-refractivity contribution >= 4 is 23.3 Å². The number of aromatic carboxylic acids is 1. The summed E-state index contributed by atoms with van der Waals surface area (Å²) in [5.74, 6) is -0.983. The molecule has 16 heavy (non-hydrogen) atoms. The van der Waals surface area contributed by atoms with Crippen LogP contribution in [-0.2, 0) is 4.74 Å². The standard InChI is InChI=1S/C11H14ClNO3/c1-7(6-16-2)13-10-5-8(12)3-4-9(10)11(14)15/h3-5,7,13H,6H2,1-2H3,(H,14,15). The first-order valence-electron chi connectivity index (χ1n) is 4.83. The number of nitrogens with one attached hydrogen (secondary N) is 1. The fourth-order valence-electron chi connectivity index (χ4n) is 1.38. The smallest absolute Gasteiger partial charge is 0.337 e. The molecule has 1 unspecified atom stereocenters. The van der Waals surface area contributed by atoms with E-state index in [2.05, 4.69) is 5.32 Å². The van der Waals surface area contributed by atoms with Crippen molar-refractivity contribution in [1.82, 2.24) is 0 Å². The van der Waals surface area contributed by atoms with Crippen molar-refractivity contribution in [3.8, 4) is 0 Å². The molecule has 0 saturated heterocycles. The molecule has 0 aromatic heterocycles. The maximum atomic E-state index is 11.0. The van der Waals surface area contributed by atoms with E-state index in [4.69, 9.17) is 21.4 Å². The molecule has 0 radical (unpaired) electrons. The van der Waals surface area contributed by atoms with Crippen LogP contribution in [0.4, 0.5) is 5.69 Å². The second-order valence-corrected chi connectivity index (χ2v) is 3.93. The lowest BCUT2D eigenvalue weighted by atomic mass is 10.1. The van der Waals surface area contributed by atoms with Crippen LogP contribution in [0.5, 0.6) is 0 Å². The van der Waals surface area contributed by atoms with Gasteiger partial charge in [0.1, 0.15) is 0 Å². The number of hydrogen-bond donors (Lipinski definition) is 2. The minimum Gasteiger partial charge on any atom is -0.478 e. The summed E-state index contributed by atoms with van der Waals surface area (Å²) >= 11 is 5.82. The van der Waals surface area contributed by atoms with Gasteiger partial charge >= 0.3 is 5.97 Å². The van der Waals surface area contributed by atoms with E-state index in [1.54, 1.807) is 19.2 Å². The lowest BCUT2D eigenvalue weighted by Gasteiger charge is -2.16. The van der Waals surface area contributed by atoms with Gasteiger partial charge in [-0.25, -0.2) is 4.79 Å². The predicted octanol–water partition coefficient (Wildman–Crippen LogP) is 2.49. The first kappa shape index (κ1) is 12.8. The Kier molecular flexibility index (Phi) is 4.58. The fraction of sp³-hybridized carbons (Fsp3) is 0.364. The molecule has 1 aromatic carbocycles. The van der Waals surface area contributed by atoms with E-state index < -0.39 is 5.97 Å². The third kappa shape index (κ3) is 3.40. The predicted molar refractivity (Wildman–Crippen MR) is 63.4 cm³/mol.